The number of hydrogen-bond donors (Lipinski definition) is 3. The van der Waals surface area contributed by atoms with Gasteiger partial charge in [0.15, 0.2) is 11.5 Å². The van der Waals surface area contributed by atoms with E-state index in [2.05, 4.69) is 5.32 Å². The summed E-state index contributed by atoms with van der Waals surface area (Å²) in [6.07, 6.45) is 0. The molecule has 3 atom stereocenters. The van der Waals surface area contributed by atoms with E-state index >= 15 is 0 Å². The van der Waals surface area contributed by atoms with Crippen LogP contribution < -0.4 is 19.5 Å². The molecule has 2 heterocycles. The maximum absolute atomic E-state index is 12.9. The number of fused-ring (bicyclic) bond motifs is 2. The minimum atomic E-state index is -0.936. The van der Waals surface area contributed by atoms with E-state index in [1.165, 1.54) is 0 Å². The summed E-state index contributed by atoms with van der Waals surface area (Å²) in [7, 11) is 1.56. The summed E-state index contributed by atoms with van der Waals surface area (Å²) in [4.78, 5) is 17.8. The van der Waals surface area contributed by atoms with Gasteiger partial charge in [0.1, 0.15) is 11.6 Å². The Labute approximate surface area is 203 Å². The number of nitrogens with one attached hydrogen (secondary N) is 1. The van der Waals surface area contributed by atoms with Crippen LogP contribution in [0.25, 0.3) is 0 Å². The van der Waals surface area contributed by atoms with E-state index in [1.807, 2.05) is 50.2 Å². The molecule has 0 fully saturated rings. The quantitative estimate of drug-likeness (QED) is 0.467. The van der Waals surface area contributed by atoms with Crippen LogP contribution in [0.15, 0.2) is 48.5 Å². The van der Waals surface area contributed by atoms with Crippen molar-refractivity contribution in [3.8, 4) is 17.2 Å². The van der Waals surface area contributed by atoms with Gasteiger partial charge in [-0.25, -0.2) is 4.98 Å². The van der Waals surface area contributed by atoms with Gasteiger partial charge in [-0.3, -0.25) is 4.79 Å². The molecule has 1 aromatic heterocycles. The first-order chi connectivity index (χ1) is 16.9. The maximum atomic E-state index is 12.9. The van der Waals surface area contributed by atoms with Crippen molar-refractivity contribution in [2.24, 2.45) is 5.92 Å². The van der Waals surface area contributed by atoms with Crippen molar-refractivity contribution < 1.29 is 29.2 Å². The number of carboxylic acids is 1. The maximum Gasteiger partial charge on any atom is 0.308 e. The van der Waals surface area contributed by atoms with Crippen LogP contribution in [0.3, 0.4) is 0 Å². The Kier molecular flexibility index (Phi) is 5.98. The second-order valence-corrected chi connectivity index (χ2v) is 9.12. The predicted molar refractivity (Wildman–Crippen MR) is 129 cm³/mol. The number of aliphatic hydroxyl groups excluding tert-OH is 1. The molecule has 8 heteroatoms. The molecule has 0 unspecified atom stereocenters. The molecule has 182 valence electrons. The molecule has 0 bridgehead atoms. The molecule has 0 saturated heterocycles. The van der Waals surface area contributed by atoms with Gasteiger partial charge >= 0.3 is 5.97 Å². The highest BCUT2D eigenvalue weighted by atomic mass is 16.7. The summed E-state index contributed by atoms with van der Waals surface area (Å²) >= 11 is 0. The number of carbonyl (C=O) groups is 1. The third-order valence-electron chi connectivity index (χ3n) is 6.64. The molecule has 0 radical (unpaired) electrons. The van der Waals surface area contributed by atoms with E-state index in [0.29, 0.717) is 34.3 Å². The van der Waals surface area contributed by atoms with Gasteiger partial charge in [-0.2, -0.15) is 0 Å². The fourth-order valence-corrected chi connectivity index (χ4v) is 5.20. The first-order valence-electron chi connectivity index (χ1n) is 11.6. The second-order valence-electron chi connectivity index (χ2n) is 9.12. The molecular formula is C27H28N2O6. The summed E-state index contributed by atoms with van der Waals surface area (Å²) in [5, 5.41) is 24.0. The van der Waals surface area contributed by atoms with Crippen LogP contribution in [0.4, 0.5) is 5.82 Å². The predicted octanol–water partition coefficient (Wildman–Crippen LogP) is 4.11. The Balaban J connectivity index is 1.71. The van der Waals surface area contributed by atoms with Crippen molar-refractivity contribution in [2.45, 2.75) is 38.3 Å². The van der Waals surface area contributed by atoms with Crippen LogP contribution in [0.2, 0.25) is 0 Å². The Morgan fingerprint density at radius 2 is 1.86 bits per heavy atom. The fraction of sp³-hybridized carbons (Fsp3) is 0.333. The van der Waals surface area contributed by atoms with Crippen molar-refractivity contribution >= 4 is 11.8 Å². The number of rotatable bonds is 7. The SMILES string of the molecule is COc1ccc([C@@H]2c3nc(NC(C)C)ccc3[C@H](c3ccc4c(c3)OCO4)[C@H]2C(=O)O)c(CO)c1. The number of methoxy groups -OCH3 is 1. The first-order valence-corrected chi connectivity index (χ1v) is 11.6. The average Bonchev–Trinajstić information content (AvgIpc) is 3.44. The minimum Gasteiger partial charge on any atom is -0.497 e. The van der Waals surface area contributed by atoms with Crippen molar-refractivity contribution in [2.75, 3.05) is 19.2 Å². The molecule has 0 spiro atoms. The van der Waals surface area contributed by atoms with Crippen LogP contribution in [0, 0.1) is 5.92 Å². The molecular weight excluding hydrogens is 448 g/mol. The zero-order chi connectivity index (χ0) is 24.7. The number of carboxylic acid groups (broad SMARTS) is 1. The highest BCUT2D eigenvalue weighted by Crippen LogP contribution is 2.54. The summed E-state index contributed by atoms with van der Waals surface area (Å²) in [5.41, 5.74) is 3.68. The number of benzene rings is 2. The van der Waals surface area contributed by atoms with E-state index in [4.69, 9.17) is 19.2 Å². The summed E-state index contributed by atoms with van der Waals surface area (Å²) in [5.74, 6) is -0.293. The Bertz CT molecular complexity index is 1270. The lowest BCUT2D eigenvalue weighted by molar-refractivity contribution is -0.142. The zero-order valence-electron chi connectivity index (χ0n) is 19.8. The normalized spacial score (nSPS) is 20.1. The number of aliphatic carboxylic acids is 1. The lowest BCUT2D eigenvalue weighted by Gasteiger charge is -2.24. The Hall–Kier alpha value is -3.78. The molecule has 1 aliphatic heterocycles. The monoisotopic (exact) mass is 476 g/mol. The van der Waals surface area contributed by atoms with Crippen LogP contribution in [-0.4, -0.2) is 41.1 Å². The average molecular weight is 477 g/mol. The molecule has 2 aromatic carbocycles. The molecule has 3 aromatic rings. The van der Waals surface area contributed by atoms with Gasteiger partial charge in [-0.05, 0) is 66.4 Å². The van der Waals surface area contributed by atoms with Gasteiger partial charge in [0.05, 0.1) is 25.3 Å². The molecule has 8 nitrogen and oxygen atoms in total. The van der Waals surface area contributed by atoms with Crippen LogP contribution >= 0.6 is 0 Å². The summed E-state index contributed by atoms with van der Waals surface area (Å²) < 4.78 is 16.4. The number of anilines is 1. The second kappa shape index (κ2) is 9.11. The number of hydrogen-bond acceptors (Lipinski definition) is 7. The Morgan fingerprint density at radius 3 is 2.57 bits per heavy atom. The topological polar surface area (TPSA) is 110 Å². The number of pyridine rings is 1. The molecule has 2 aliphatic rings. The van der Waals surface area contributed by atoms with Crippen LogP contribution in [0.1, 0.15) is 53.6 Å². The van der Waals surface area contributed by atoms with Gasteiger partial charge in [0.2, 0.25) is 6.79 Å². The minimum absolute atomic E-state index is 0.141. The molecule has 3 N–H and O–H groups in total. The van der Waals surface area contributed by atoms with Crippen LogP contribution in [0.5, 0.6) is 17.2 Å². The van der Waals surface area contributed by atoms with Gasteiger partial charge in [0.25, 0.3) is 0 Å². The van der Waals surface area contributed by atoms with E-state index < -0.39 is 23.7 Å². The van der Waals surface area contributed by atoms with Crippen molar-refractivity contribution in [1.29, 1.82) is 0 Å². The highest BCUT2D eigenvalue weighted by molar-refractivity contribution is 5.78. The summed E-state index contributed by atoms with van der Waals surface area (Å²) in [6.45, 7) is 3.94. The fourth-order valence-electron chi connectivity index (χ4n) is 5.20. The van der Waals surface area contributed by atoms with Crippen molar-refractivity contribution in [1.82, 2.24) is 4.98 Å². The summed E-state index contributed by atoms with van der Waals surface area (Å²) in [6, 6.07) is 14.9. The number of ether oxygens (including phenoxy) is 3. The largest absolute Gasteiger partial charge is 0.497 e. The lowest BCUT2D eigenvalue weighted by atomic mass is 9.79. The molecule has 0 amide bonds. The smallest absolute Gasteiger partial charge is 0.308 e. The lowest BCUT2D eigenvalue weighted by Crippen LogP contribution is -2.25. The standard InChI is InChI=1S/C27H28N2O6/c1-14(2)28-22-9-7-19-23(15-4-8-20-21(11-15)35-13-34-20)25(27(31)32)24(26(19)29-22)18-6-5-17(33-3)10-16(18)12-30/h4-11,14,23-25,30H,12-13H2,1-3H3,(H,28,29)(H,31,32)/t23-,24-,25+/m0/s1. The van der Waals surface area contributed by atoms with Gasteiger partial charge in [-0.1, -0.05) is 18.2 Å². The molecule has 35 heavy (non-hydrogen) atoms. The van der Waals surface area contributed by atoms with E-state index in [-0.39, 0.29) is 19.4 Å². The molecule has 5 rings (SSSR count). The van der Waals surface area contributed by atoms with Gasteiger partial charge < -0.3 is 29.7 Å². The third kappa shape index (κ3) is 4.04. The van der Waals surface area contributed by atoms with E-state index in [0.717, 1.165) is 16.7 Å². The van der Waals surface area contributed by atoms with Gasteiger partial charge in [-0.15, -0.1) is 0 Å². The highest BCUT2D eigenvalue weighted by Gasteiger charge is 2.48. The van der Waals surface area contributed by atoms with E-state index in [9.17, 15) is 15.0 Å². The first kappa shape index (κ1) is 23.0. The Morgan fingerprint density at radius 1 is 1.09 bits per heavy atom. The zero-order valence-corrected chi connectivity index (χ0v) is 19.8. The van der Waals surface area contributed by atoms with E-state index in [1.54, 1.807) is 19.2 Å². The molecule has 0 saturated carbocycles. The van der Waals surface area contributed by atoms with Crippen LogP contribution in [-0.2, 0) is 11.4 Å². The van der Waals surface area contributed by atoms with Crippen molar-refractivity contribution in [3.63, 3.8) is 0 Å². The third-order valence-corrected chi connectivity index (χ3v) is 6.64. The van der Waals surface area contributed by atoms with Crippen molar-refractivity contribution in [3.05, 3.63) is 76.5 Å². The number of aromatic nitrogens is 1. The van der Waals surface area contributed by atoms with Gasteiger partial charge in [0, 0.05) is 17.9 Å². The molecule has 1 aliphatic carbocycles. The number of aliphatic hydroxyl groups is 1. The number of nitrogens with zero attached hydrogens (tertiary/aromatic N) is 1.